The van der Waals surface area contributed by atoms with Gasteiger partial charge in [-0.2, -0.15) is 0 Å². The van der Waals surface area contributed by atoms with Crippen LogP contribution in [0.1, 0.15) is 0 Å². The smallest absolute Gasteiger partial charge is 0.233 e. The first-order valence-corrected chi connectivity index (χ1v) is 4.38. The van der Waals surface area contributed by atoms with Gasteiger partial charge in [-0.15, -0.1) is 11.8 Å². The Kier molecular flexibility index (Phi) is 2.98. The van der Waals surface area contributed by atoms with Gasteiger partial charge in [0.1, 0.15) is 0 Å². The van der Waals surface area contributed by atoms with Crippen LogP contribution in [0.2, 0.25) is 0 Å². The number of carbonyl (C=O) groups excluding carboxylic acids is 1. The molecule has 0 spiro atoms. The van der Waals surface area contributed by atoms with Gasteiger partial charge >= 0.3 is 0 Å². The van der Waals surface area contributed by atoms with Crippen LogP contribution in [0.5, 0.6) is 0 Å². The number of nitrogens with zero attached hydrogens (tertiary/aromatic N) is 1. The van der Waals surface area contributed by atoms with Crippen LogP contribution in [0.25, 0.3) is 0 Å². The summed E-state index contributed by atoms with van der Waals surface area (Å²) < 4.78 is 0. The summed E-state index contributed by atoms with van der Waals surface area (Å²) in [5, 5.41) is 3.68. The summed E-state index contributed by atoms with van der Waals surface area (Å²) in [5.41, 5.74) is 0.745. The first-order chi connectivity index (χ1) is 5.38. The lowest BCUT2D eigenvalue weighted by Crippen LogP contribution is -1.93. The maximum Gasteiger partial charge on any atom is 0.233 e. The van der Waals surface area contributed by atoms with E-state index in [-0.39, 0.29) is 0 Å². The molecule has 0 aliphatic heterocycles. The molecule has 1 rings (SSSR count). The fourth-order valence-electron chi connectivity index (χ4n) is 0.793. The Hall–Kier alpha value is -0.960. The zero-order valence-electron chi connectivity index (χ0n) is 6.15. The second kappa shape index (κ2) is 4.03. The lowest BCUT2D eigenvalue weighted by atomic mass is 10.3. The Morgan fingerprint density at radius 1 is 1.45 bits per heavy atom. The highest BCUT2D eigenvalue weighted by atomic mass is 32.2. The van der Waals surface area contributed by atoms with Crippen molar-refractivity contribution in [1.29, 1.82) is 0 Å². The maximum absolute atomic E-state index is 10.1. The molecule has 1 aromatic rings. The predicted octanol–water partition coefficient (Wildman–Crippen LogP) is 1.80. The Bertz CT molecular complexity index is 250. The van der Waals surface area contributed by atoms with E-state index in [4.69, 9.17) is 0 Å². The highest BCUT2D eigenvalue weighted by Gasteiger charge is 1.98. The monoisotopic (exact) mass is 166 g/mol. The van der Waals surface area contributed by atoms with Crippen molar-refractivity contribution in [2.24, 2.45) is 0 Å². The van der Waals surface area contributed by atoms with E-state index >= 15 is 0 Å². The van der Waals surface area contributed by atoms with Gasteiger partial charge in [0, 0.05) is 4.90 Å². The van der Waals surface area contributed by atoms with Crippen LogP contribution < -0.4 is 5.32 Å². The third kappa shape index (κ3) is 1.98. The van der Waals surface area contributed by atoms with Crippen molar-refractivity contribution in [1.82, 2.24) is 5.32 Å². The molecule has 2 nitrogen and oxygen atoms in total. The number of hydrogen-bond acceptors (Lipinski definition) is 2. The van der Waals surface area contributed by atoms with Gasteiger partial charge in [-0.25, -0.2) is 5.32 Å². The van der Waals surface area contributed by atoms with Crippen molar-refractivity contribution in [3.63, 3.8) is 0 Å². The highest BCUT2D eigenvalue weighted by Crippen LogP contribution is 2.23. The molecule has 0 N–H and O–H groups in total. The van der Waals surface area contributed by atoms with E-state index in [1.807, 2.05) is 30.5 Å². The van der Waals surface area contributed by atoms with Gasteiger partial charge in [0.15, 0.2) is 0 Å². The van der Waals surface area contributed by atoms with Crippen LogP contribution >= 0.6 is 11.8 Å². The van der Waals surface area contributed by atoms with Gasteiger partial charge in [-0.05, 0) is 18.4 Å². The molecule has 0 bridgehead atoms. The summed E-state index contributed by atoms with van der Waals surface area (Å²) >= 11 is 1.58. The summed E-state index contributed by atoms with van der Waals surface area (Å²) in [7, 11) is 0. The van der Waals surface area contributed by atoms with Crippen LogP contribution in [0.15, 0.2) is 29.2 Å². The molecule has 0 aliphatic rings. The topological polar surface area (TPSA) is 31.2 Å². The molecule has 57 valence electrons. The van der Waals surface area contributed by atoms with E-state index in [1.165, 1.54) is 0 Å². The molecule has 0 unspecified atom stereocenters. The number of para-hydroxylation sites is 1. The Labute approximate surface area is 70.0 Å². The van der Waals surface area contributed by atoms with Crippen molar-refractivity contribution in [3.05, 3.63) is 24.3 Å². The standard InChI is InChI=1S/C8H8NOS/c1-11-8-5-3-2-4-7(8)9-6-10/h2-6H,1H3. The molecule has 1 aromatic carbocycles. The van der Waals surface area contributed by atoms with Crippen molar-refractivity contribution in [2.75, 3.05) is 6.26 Å². The van der Waals surface area contributed by atoms with Crippen LogP contribution in [-0.4, -0.2) is 12.7 Å². The molecule has 0 saturated carbocycles. The summed E-state index contributed by atoms with van der Waals surface area (Å²) in [5.74, 6) is 0. The first kappa shape index (κ1) is 8.14. The maximum atomic E-state index is 10.1. The predicted molar refractivity (Wildman–Crippen MR) is 46.1 cm³/mol. The van der Waals surface area contributed by atoms with Crippen LogP contribution in [0, 0.1) is 0 Å². The average Bonchev–Trinajstić information content (AvgIpc) is 2.06. The molecular formula is C8H8NOS. The quantitative estimate of drug-likeness (QED) is 0.506. The fraction of sp³-hybridized carbons (Fsp3) is 0.125. The second-order valence-electron chi connectivity index (χ2n) is 1.91. The third-order valence-corrected chi connectivity index (χ3v) is 2.06. The molecule has 0 atom stereocenters. The van der Waals surface area contributed by atoms with Gasteiger partial charge in [0.2, 0.25) is 6.41 Å². The van der Waals surface area contributed by atoms with Gasteiger partial charge in [0.25, 0.3) is 0 Å². The molecule has 0 saturated heterocycles. The largest absolute Gasteiger partial charge is 0.276 e. The molecule has 1 radical (unpaired) electrons. The van der Waals surface area contributed by atoms with Crippen molar-refractivity contribution >= 4 is 23.9 Å². The summed E-state index contributed by atoms with van der Waals surface area (Å²) in [6, 6.07) is 7.55. The molecule has 0 fully saturated rings. The van der Waals surface area contributed by atoms with E-state index in [2.05, 4.69) is 5.32 Å². The van der Waals surface area contributed by atoms with E-state index in [1.54, 1.807) is 11.8 Å². The third-order valence-electron chi connectivity index (χ3n) is 1.28. The van der Waals surface area contributed by atoms with E-state index in [0.29, 0.717) is 6.41 Å². The summed E-state index contributed by atoms with van der Waals surface area (Å²) in [6.45, 7) is 0. The lowest BCUT2D eigenvalue weighted by molar-refractivity contribution is -0.108. The van der Waals surface area contributed by atoms with Crippen molar-refractivity contribution < 1.29 is 4.79 Å². The lowest BCUT2D eigenvalue weighted by Gasteiger charge is -2.00. The molecule has 0 aliphatic carbocycles. The van der Waals surface area contributed by atoms with Crippen LogP contribution in [0.3, 0.4) is 0 Å². The highest BCUT2D eigenvalue weighted by molar-refractivity contribution is 7.98. The van der Waals surface area contributed by atoms with Gasteiger partial charge < -0.3 is 0 Å². The van der Waals surface area contributed by atoms with E-state index < -0.39 is 0 Å². The fourth-order valence-corrected chi connectivity index (χ4v) is 1.34. The molecule has 0 heterocycles. The summed E-state index contributed by atoms with van der Waals surface area (Å²) in [6.07, 6.45) is 2.52. The molecule has 3 heteroatoms. The molecule has 1 amide bonds. The first-order valence-electron chi connectivity index (χ1n) is 3.16. The SMILES string of the molecule is CSc1ccccc1[N]C=O. The van der Waals surface area contributed by atoms with E-state index in [9.17, 15) is 4.79 Å². The number of benzene rings is 1. The molecule has 0 aromatic heterocycles. The van der Waals surface area contributed by atoms with Crippen molar-refractivity contribution in [2.45, 2.75) is 4.90 Å². The van der Waals surface area contributed by atoms with Crippen LogP contribution in [-0.2, 0) is 4.79 Å². The zero-order chi connectivity index (χ0) is 8.10. The van der Waals surface area contributed by atoms with Crippen molar-refractivity contribution in [3.8, 4) is 0 Å². The minimum absolute atomic E-state index is 0.565. The number of amides is 1. The number of rotatable bonds is 3. The number of hydrogen-bond donors (Lipinski definition) is 0. The average molecular weight is 166 g/mol. The minimum atomic E-state index is 0.565. The van der Waals surface area contributed by atoms with E-state index in [0.717, 1.165) is 10.6 Å². The van der Waals surface area contributed by atoms with Gasteiger partial charge in [-0.3, -0.25) is 4.79 Å². The molecule has 11 heavy (non-hydrogen) atoms. The molecular weight excluding hydrogens is 158 g/mol. The number of carbonyl (C=O) groups is 1. The van der Waals surface area contributed by atoms with Gasteiger partial charge in [-0.1, -0.05) is 12.1 Å². The summed E-state index contributed by atoms with van der Waals surface area (Å²) in [4.78, 5) is 11.1. The minimum Gasteiger partial charge on any atom is -0.276 e. The van der Waals surface area contributed by atoms with Gasteiger partial charge in [0.05, 0.1) is 5.69 Å². The Balaban J connectivity index is 2.92. The normalized spacial score (nSPS) is 9.18. The Morgan fingerprint density at radius 3 is 2.82 bits per heavy atom. The second-order valence-corrected chi connectivity index (χ2v) is 2.75. The number of thioether (sulfide) groups is 1. The van der Waals surface area contributed by atoms with Crippen LogP contribution in [0.4, 0.5) is 5.69 Å². The zero-order valence-corrected chi connectivity index (χ0v) is 6.97. The Morgan fingerprint density at radius 2 is 2.18 bits per heavy atom.